The Bertz CT molecular complexity index is 505. The molecular weight excluding hydrogens is 214 g/mol. The van der Waals surface area contributed by atoms with E-state index < -0.39 is 0 Å². The first kappa shape index (κ1) is 10.4. The predicted molar refractivity (Wildman–Crippen MR) is 64.1 cm³/mol. The van der Waals surface area contributed by atoms with E-state index in [1.54, 1.807) is 6.20 Å². The third-order valence-electron chi connectivity index (χ3n) is 3.18. The second-order valence-electron chi connectivity index (χ2n) is 4.39. The first-order valence-corrected chi connectivity index (χ1v) is 5.92. The SMILES string of the molecule is NCC1CCc2nc(-c3ccccn3)nn2C1. The summed E-state index contributed by atoms with van der Waals surface area (Å²) >= 11 is 0. The molecular formula is C12H15N5. The highest BCUT2D eigenvalue weighted by Crippen LogP contribution is 2.20. The van der Waals surface area contributed by atoms with Crippen LogP contribution in [0.2, 0.25) is 0 Å². The molecule has 0 amide bonds. The number of aromatic nitrogens is 4. The molecule has 2 aromatic heterocycles. The molecule has 0 spiro atoms. The minimum absolute atomic E-state index is 0.529. The van der Waals surface area contributed by atoms with Crippen LogP contribution in [0.3, 0.4) is 0 Å². The smallest absolute Gasteiger partial charge is 0.200 e. The lowest BCUT2D eigenvalue weighted by molar-refractivity contribution is 0.350. The zero-order valence-electron chi connectivity index (χ0n) is 9.58. The molecule has 0 radical (unpaired) electrons. The summed E-state index contributed by atoms with van der Waals surface area (Å²) < 4.78 is 1.98. The number of fused-ring (bicyclic) bond motifs is 1. The van der Waals surface area contributed by atoms with Gasteiger partial charge in [0.2, 0.25) is 0 Å². The standard InChI is InChI=1S/C12H15N5/c13-7-9-4-5-11-15-12(16-17(11)8-9)10-3-1-2-6-14-10/h1-3,6,9H,4-5,7-8,13H2. The Kier molecular flexibility index (Phi) is 2.60. The monoisotopic (exact) mass is 229 g/mol. The van der Waals surface area contributed by atoms with Gasteiger partial charge in [0.15, 0.2) is 5.82 Å². The van der Waals surface area contributed by atoms with Gasteiger partial charge in [0.25, 0.3) is 0 Å². The third kappa shape index (κ3) is 1.93. The van der Waals surface area contributed by atoms with Crippen molar-refractivity contribution in [3.8, 4) is 11.5 Å². The maximum Gasteiger partial charge on any atom is 0.200 e. The van der Waals surface area contributed by atoms with E-state index in [4.69, 9.17) is 5.73 Å². The van der Waals surface area contributed by atoms with Crippen molar-refractivity contribution in [2.75, 3.05) is 6.54 Å². The Hall–Kier alpha value is -1.75. The average molecular weight is 229 g/mol. The predicted octanol–water partition coefficient (Wildman–Crippen LogP) is 0.861. The van der Waals surface area contributed by atoms with E-state index >= 15 is 0 Å². The number of aryl methyl sites for hydroxylation is 1. The number of nitrogens with two attached hydrogens (primary N) is 1. The minimum Gasteiger partial charge on any atom is -0.330 e. The Balaban J connectivity index is 1.93. The van der Waals surface area contributed by atoms with Crippen LogP contribution in [0.5, 0.6) is 0 Å². The maximum atomic E-state index is 5.70. The highest BCUT2D eigenvalue weighted by Gasteiger charge is 2.21. The summed E-state index contributed by atoms with van der Waals surface area (Å²) in [6, 6.07) is 5.77. The van der Waals surface area contributed by atoms with E-state index in [1.165, 1.54) is 0 Å². The van der Waals surface area contributed by atoms with Crippen LogP contribution < -0.4 is 5.73 Å². The maximum absolute atomic E-state index is 5.70. The van der Waals surface area contributed by atoms with Crippen LogP contribution in [-0.2, 0) is 13.0 Å². The van der Waals surface area contributed by atoms with Gasteiger partial charge in [0.1, 0.15) is 11.5 Å². The van der Waals surface area contributed by atoms with Crippen LogP contribution >= 0.6 is 0 Å². The lowest BCUT2D eigenvalue weighted by Crippen LogP contribution is -2.27. The Morgan fingerprint density at radius 3 is 3.12 bits per heavy atom. The molecule has 3 heterocycles. The fourth-order valence-electron chi connectivity index (χ4n) is 2.17. The van der Waals surface area contributed by atoms with E-state index in [0.29, 0.717) is 5.92 Å². The van der Waals surface area contributed by atoms with Crippen LogP contribution in [0.4, 0.5) is 0 Å². The van der Waals surface area contributed by atoms with E-state index in [1.807, 2.05) is 22.9 Å². The van der Waals surface area contributed by atoms with Gasteiger partial charge in [-0.2, -0.15) is 0 Å². The second-order valence-corrected chi connectivity index (χ2v) is 4.39. The lowest BCUT2D eigenvalue weighted by atomic mass is 10.0. The number of hydrogen-bond acceptors (Lipinski definition) is 4. The molecule has 1 aliphatic heterocycles. The molecule has 17 heavy (non-hydrogen) atoms. The number of hydrogen-bond donors (Lipinski definition) is 1. The van der Waals surface area contributed by atoms with Gasteiger partial charge < -0.3 is 5.73 Å². The topological polar surface area (TPSA) is 69.6 Å². The van der Waals surface area contributed by atoms with Crippen molar-refractivity contribution in [1.29, 1.82) is 0 Å². The second kappa shape index (κ2) is 4.25. The zero-order valence-corrected chi connectivity index (χ0v) is 9.58. The van der Waals surface area contributed by atoms with Gasteiger partial charge in [0, 0.05) is 19.2 Å². The largest absolute Gasteiger partial charge is 0.330 e. The molecule has 5 nitrogen and oxygen atoms in total. The number of rotatable bonds is 2. The molecule has 3 rings (SSSR count). The van der Waals surface area contributed by atoms with Crippen molar-refractivity contribution in [3.05, 3.63) is 30.2 Å². The van der Waals surface area contributed by atoms with Crippen LogP contribution in [-0.4, -0.2) is 26.3 Å². The summed E-state index contributed by atoms with van der Waals surface area (Å²) in [6.07, 6.45) is 3.83. The lowest BCUT2D eigenvalue weighted by Gasteiger charge is -2.20. The fourth-order valence-corrected chi connectivity index (χ4v) is 2.17. The highest BCUT2D eigenvalue weighted by atomic mass is 15.4. The summed E-state index contributed by atoms with van der Waals surface area (Å²) in [5.41, 5.74) is 6.54. The quantitative estimate of drug-likeness (QED) is 0.829. The molecule has 1 aliphatic rings. The minimum atomic E-state index is 0.529. The molecule has 1 unspecified atom stereocenters. The van der Waals surface area contributed by atoms with Crippen molar-refractivity contribution in [1.82, 2.24) is 19.7 Å². The Morgan fingerprint density at radius 1 is 1.41 bits per heavy atom. The molecule has 88 valence electrons. The highest BCUT2D eigenvalue weighted by molar-refractivity contribution is 5.47. The molecule has 0 bridgehead atoms. The summed E-state index contributed by atoms with van der Waals surface area (Å²) in [6.45, 7) is 1.60. The van der Waals surface area contributed by atoms with E-state index in [0.717, 1.165) is 43.3 Å². The van der Waals surface area contributed by atoms with Crippen molar-refractivity contribution < 1.29 is 0 Å². The number of nitrogens with zero attached hydrogens (tertiary/aromatic N) is 4. The summed E-state index contributed by atoms with van der Waals surface area (Å²) in [5.74, 6) is 2.30. The van der Waals surface area contributed by atoms with Gasteiger partial charge in [-0.25, -0.2) is 9.67 Å². The van der Waals surface area contributed by atoms with Crippen LogP contribution in [0.1, 0.15) is 12.2 Å². The molecule has 0 saturated heterocycles. The van der Waals surface area contributed by atoms with Crippen LogP contribution in [0, 0.1) is 5.92 Å². The summed E-state index contributed by atoms with van der Waals surface area (Å²) in [5, 5.41) is 4.51. The van der Waals surface area contributed by atoms with Crippen molar-refractivity contribution >= 4 is 0 Å². The van der Waals surface area contributed by atoms with E-state index in [9.17, 15) is 0 Å². The Labute approximate surface area is 99.7 Å². The molecule has 0 saturated carbocycles. The fraction of sp³-hybridized carbons (Fsp3) is 0.417. The number of pyridine rings is 1. The molecule has 2 N–H and O–H groups in total. The first-order chi connectivity index (χ1) is 8.36. The van der Waals surface area contributed by atoms with Crippen LogP contribution in [0.25, 0.3) is 11.5 Å². The first-order valence-electron chi connectivity index (χ1n) is 5.92. The molecule has 1 atom stereocenters. The summed E-state index contributed by atoms with van der Waals surface area (Å²) in [4.78, 5) is 8.81. The molecule has 0 aromatic carbocycles. The van der Waals surface area contributed by atoms with Gasteiger partial charge in [0.05, 0.1) is 0 Å². The molecule has 0 aliphatic carbocycles. The van der Waals surface area contributed by atoms with Gasteiger partial charge in [-0.3, -0.25) is 4.98 Å². The normalized spacial score (nSPS) is 19.0. The summed E-state index contributed by atoms with van der Waals surface area (Å²) in [7, 11) is 0. The van der Waals surface area contributed by atoms with E-state index in [-0.39, 0.29) is 0 Å². The van der Waals surface area contributed by atoms with Gasteiger partial charge in [-0.05, 0) is 31.0 Å². The van der Waals surface area contributed by atoms with Crippen molar-refractivity contribution in [2.24, 2.45) is 11.7 Å². The third-order valence-corrected chi connectivity index (χ3v) is 3.18. The van der Waals surface area contributed by atoms with Gasteiger partial charge in [-0.1, -0.05) is 6.07 Å². The van der Waals surface area contributed by atoms with Crippen molar-refractivity contribution in [2.45, 2.75) is 19.4 Å². The molecule has 5 heteroatoms. The zero-order chi connectivity index (χ0) is 11.7. The molecule has 0 fully saturated rings. The van der Waals surface area contributed by atoms with Gasteiger partial charge in [-0.15, -0.1) is 5.10 Å². The Morgan fingerprint density at radius 2 is 2.35 bits per heavy atom. The molecule has 2 aromatic rings. The van der Waals surface area contributed by atoms with Crippen LogP contribution in [0.15, 0.2) is 24.4 Å². The van der Waals surface area contributed by atoms with Crippen molar-refractivity contribution in [3.63, 3.8) is 0 Å². The average Bonchev–Trinajstić information content (AvgIpc) is 2.82. The van der Waals surface area contributed by atoms with Gasteiger partial charge >= 0.3 is 0 Å². The van der Waals surface area contributed by atoms with E-state index in [2.05, 4.69) is 15.1 Å².